The van der Waals surface area contributed by atoms with E-state index < -0.39 is 28.0 Å². The molecule has 10 heteroatoms. The number of ether oxygens (including phenoxy) is 2. The maximum atomic E-state index is 12.6. The topological polar surface area (TPSA) is 111 Å². The summed E-state index contributed by atoms with van der Waals surface area (Å²) in [5.41, 5.74) is 0.715. The van der Waals surface area contributed by atoms with Gasteiger partial charge in [0.05, 0.1) is 12.7 Å². The second-order valence-electron chi connectivity index (χ2n) is 7.12. The fourth-order valence-electron chi connectivity index (χ4n) is 2.75. The molecular formula is C21H23ClN2O6S. The fraction of sp³-hybridized carbons (Fsp3) is 0.333. The number of methoxy groups -OCH3 is 1. The molecule has 1 fully saturated rings. The minimum absolute atomic E-state index is 0.0114. The third-order valence-electron chi connectivity index (χ3n) is 4.65. The Morgan fingerprint density at radius 1 is 1.19 bits per heavy atom. The largest absolute Gasteiger partial charge is 0.495 e. The molecule has 1 unspecified atom stereocenters. The van der Waals surface area contributed by atoms with Crippen LogP contribution < -0.4 is 14.8 Å². The number of hydrogen-bond acceptors (Lipinski definition) is 6. The lowest BCUT2D eigenvalue weighted by molar-refractivity contribution is -0.129. The molecule has 1 saturated carbocycles. The molecule has 2 N–H and O–H groups in total. The zero-order valence-electron chi connectivity index (χ0n) is 17.1. The maximum Gasteiger partial charge on any atom is 0.338 e. The van der Waals surface area contributed by atoms with Crippen LogP contribution in [0.25, 0.3) is 0 Å². The number of carbonyl (C=O) groups excluding carboxylic acids is 2. The van der Waals surface area contributed by atoms with Gasteiger partial charge in [0.2, 0.25) is 10.0 Å². The molecule has 0 spiro atoms. The van der Waals surface area contributed by atoms with Gasteiger partial charge in [0.1, 0.15) is 10.6 Å². The van der Waals surface area contributed by atoms with Gasteiger partial charge < -0.3 is 14.8 Å². The number of benzene rings is 2. The SMILES string of the molecule is COc1ccc(C(=O)OC(C)C(=O)NCc2ccccc2Cl)cc1S(=O)(=O)NC1CC1. The molecule has 0 saturated heterocycles. The maximum absolute atomic E-state index is 12.6. The molecule has 0 bridgehead atoms. The normalized spacial score (nSPS) is 14.5. The first kappa shape index (κ1) is 23.1. The third kappa shape index (κ3) is 5.96. The predicted molar refractivity (Wildman–Crippen MR) is 115 cm³/mol. The minimum atomic E-state index is -3.86. The summed E-state index contributed by atoms with van der Waals surface area (Å²) in [6, 6.07) is 10.9. The number of halogens is 1. The number of esters is 1. The molecule has 1 atom stereocenters. The van der Waals surface area contributed by atoms with Crippen molar-refractivity contribution in [3.63, 3.8) is 0 Å². The molecule has 1 aliphatic rings. The second kappa shape index (κ2) is 9.67. The summed E-state index contributed by atoms with van der Waals surface area (Å²) in [7, 11) is -2.52. The van der Waals surface area contributed by atoms with Crippen LogP contribution in [-0.2, 0) is 26.1 Å². The van der Waals surface area contributed by atoms with Crippen LogP contribution in [0.5, 0.6) is 5.75 Å². The van der Waals surface area contributed by atoms with E-state index >= 15 is 0 Å². The van der Waals surface area contributed by atoms with Crippen molar-refractivity contribution in [3.05, 3.63) is 58.6 Å². The highest BCUT2D eigenvalue weighted by molar-refractivity contribution is 7.89. The van der Waals surface area contributed by atoms with Crippen LogP contribution >= 0.6 is 11.6 Å². The van der Waals surface area contributed by atoms with Gasteiger partial charge in [0.25, 0.3) is 5.91 Å². The van der Waals surface area contributed by atoms with Crippen molar-refractivity contribution in [3.8, 4) is 5.75 Å². The van der Waals surface area contributed by atoms with Crippen LogP contribution in [0.15, 0.2) is 47.4 Å². The van der Waals surface area contributed by atoms with Crippen molar-refractivity contribution < 1.29 is 27.5 Å². The average molecular weight is 467 g/mol. The van der Waals surface area contributed by atoms with Crippen LogP contribution in [-0.4, -0.2) is 39.5 Å². The summed E-state index contributed by atoms with van der Waals surface area (Å²) in [4.78, 5) is 24.7. The van der Waals surface area contributed by atoms with Gasteiger partial charge in [0, 0.05) is 17.6 Å². The highest BCUT2D eigenvalue weighted by Crippen LogP contribution is 2.28. The van der Waals surface area contributed by atoms with Crippen molar-refractivity contribution in [1.29, 1.82) is 0 Å². The number of carbonyl (C=O) groups is 2. The molecular weight excluding hydrogens is 444 g/mol. The molecule has 3 rings (SSSR count). The van der Waals surface area contributed by atoms with Crippen molar-refractivity contribution in [2.24, 2.45) is 0 Å². The van der Waals surface area contributed by atoms with Crippen molar-refractivity contribution >= 4 is 33.5 Å². The van der Waals surface area contributed by atoms with Crippen LogP contribution in [0.4, 0.5) is 0 Å². The first-order chi connectivity index (χ1) is 14.7. The quantitative estimate of drug-likeness (QED) is 0.549. The van der Waals surface area contributed by atoms with Gasteiger partial charge in [-0.05, 0) is 49.6 Å². The number of hydrogen-bond donors (Lipinski definition) is 2. The van der Waals surface area contributed by atoms with E-state index in [1.807, 2.05) is 0 Å². The summed E-state index contributed by atoms with van der Waals surface area (Å²) in [5, 5.41) is 3.17. The van der Waals surface area contributed by atoms with Gasteiger partial charge in [-0.3, -0.25) is 4.79 Å². The first-order valence-electron chi connectivity index (χ1n) is 9.63. The standard InChI is InChI=1S/C21H23ClN2O6S/c1-13(20(25)23-12-15-5-3-4-6-17(15)22)30-21(26)14-7-10-18(29-2)19(11-14)31(27,28)24-16-8-9-16/h3-7,10-11,13,16,24H,8-9,12H2,1-2H3,(H,23,25). The Morgan fingerprint density at radius 2 is 1.90 bits per heavy atom. The van der Waals surface area contributed by atoms with E-state index in [0.717, 1.165) is 18.4 Å². The summed E-state index contributed by atoms with van der Waals surface area (Å²) < 4.78 is 38.1. The number of rotatable bonds is 9. The van der Waals surface area contributed by atoms with E-state index in [2.05, 4.69) is 10.0 Å². The van der Waals surface area contributed by atoms with Crippen molar-refractivity contribution in [1.82, 2.24) is 10.0 Å². The Hall–Kier alpha value is -2.62. The molecule has 0 heterocycles. The number of sulfonamides is 1. The second-order valence-corrected chi connectivity index (χ2v) is 9.21. The summed E-state index contributed by atoms with van der Waals surface area (Å²) >= 11 is 6.06. The van der Waals surface area contributed by atoms with Crippen LogP contribution in [0.3, 0.4) is 0 Å². The molecule has 0 aromatic heterocycles. The van der Waals surface area contributed by atoms with Crippen LogP contribution in [0.1, 0.15) is 35.7 Å². The molecule has 2 aromatic rings. The highest BCUT2D eigenvalue weighted by atomic mass is 35.5. The third-order valence-corrected chi connectivity index (χ3v) is 6.56. The average Bonchev–Trinajstić information content (AvgIpc) is 3.55. The minimum Gasteiger partial charge on any atom is -0.495 e. The van der Waals surface area contributed by atoms with E-state index in [0.29, 0.717) is 5.02 Å². The first-order valence-corrected chi connectivity index (χ1v) is 11.5. The Morgan fingerprint density at radius 3 is 2.55 bits per heavy atom. The monoisotopic (exact) mass is 466 g/mol. The highest BCUT2D eigenvalue weighted by Gasteiger charge is 2.30. The predicted octanol–water partition coefficient (Wildman–Crippen LogP) is 2.65. The van der Waals surface area contributed by atoms with Crippen LogP contribution in [0, 0.1) is 0 Å². The van der Waals surface area contributed by atoms with Crippen molar-refractivity contribution in [2.75, 3.05) is 7.11 Å². The molecule has 2 aromatic carbocycles. The van der Waals surface area contributed by atoms with Gasteiger partial charge in [-0.25, -0.2) is 17.9 Å². The lowest BCUT2D eigenvalue weighted by Gasteiger charge is -2.15. The zero-order valence-corrected chi connectivity index (χ0v) is 18.6. The van der Waals surface area contributed by atoms with Crippen molar-refractivity contribution in [2.45, 2.75) is 43.4 Å². The van der Waals surface area contributed by atoms with Gasteiger partial charge in [0.15, 0.2) is 6.10 Å². The molecule has 166 valence electrons. The Balaban J connectivity index is 1.67. The summed E-state index contributed by atoms with van der Waals surface area (Å²) in [6.07, 6.45) is 0.440. The van der Waals surface area contributed by atoms with Gasteiger partial charge in [-0.1, -0.05) is 29.8 Å². The molecule has 0 radical (unpaired) electrons. The van der Waals surface area contributed by atoms with E-state index in [9.17, 15) is 18.0 Å². The molecule has 0 aliphatic heterocycles. The number of nitrogens with one attached hydrogen (secondary N) is 2. The molecule has 1 aliphatic carbocycles. The van der Waals surface area contributed by atoms with E-state index in [-0.39, 0.29) is 28.8 Å². The molecule has 31 heavy (non-hydrogen) atoms. The Labute approximate surface area is 185 Å². The van der Waals surface area contributed by atoms with Gasteiger partial charge >= 0.3 is 5.97 Å². The van der Waals surface area contributed by atoms with E-state index in [1.54, 1.807) is 24.3 Å². The Bertz CT molecular complexity index is 1090. The lowest BCUT2D eigenvalue weighted by atomic mass is 10.2. The van der Waals surface area contributed by atoms with E-state index in [4.69, 9.17) is 21.1 Å². The molecule has 1 amide bonds. The Kier molecular flexibility index (Phi) is 7.19. The van der Waals surface area contributed by atoms with Crippen LogP contribution in [0.2, 0.25) is 5.02 Å². The summed E-state index contributed by atoms with van der Waals surface area (Å²) in [6.45, 7) is 1.60. The fourth-order valence-corrected chi connectivity index (χ4v) is 4.45. The van der Waals surface area contributed by atoms with Gasteiger partial charge in [-0.15, -0.1) is 0 Å². The van der Waals surface area contributed by atoms with Gasteiger partial charge in [-0.2, -0.15) is 0 Å². The lowest BCUT2D eigenvalue weighted by Crippen LogP contribution is -2.35. The smallest absolute Gasteiger partial charge is 0.338 e. The summed E-state index contributed by atoms with van der Waals surface area (Å²) in [5.74, 6) is -1.23. The number of amides is 1. The zero-order chi connectivity index (χ0) is 22.6. The van der Waals surface area contributed by atoms with E-state index in [1.165, 1.54) is 32.2 Å². The molecule has 8 nitrogen and oxygen atoms in total.